The highest BCUT2D eigenvalue weighted by Gasteiger charge is 2.35. The Labute approximate surface area is 64.2 Å². The van der Waals surface area contributed by atoms with E-state index in [1.54, 1.807) is 0 Å². The molecule has 2 unspecified atom stereocenters. The SMILES string of the molecule is CCCC1CC1NC(C)C. The van der Waals surface area contributed by atoms with Gasteiger partial charge in [-0.15, -0.1) is 0 Å². The Balaban J connectivity index is 2.02. The van der Waals surface area contributed by atoms with E-state index in [0.29, 0.717) is 6.04 Å². The molecule has 0 amide bonds. The van der Waals surface area contributed by atoms with E-state index in [0.717, 1.165) is 12.0 Å². The predicted molar refractivity (Wildman–Crippen MR) is 45.1 cm³/mol. The molecular formula is C9H19N. The van der Waals surface area contributed by atoms with E-state index in [2.05, 4.69) is 26.1 Å². The summed E-state index contributed by atoms with van der Waals surface area (Å²) in [6.07, 6.45) is 4.19. The molecule has 0 aromatic carbocycles. The standard InChI is InChI=1S/C9H19N/c1-4-5-8-6-9(8)10-7(2)3/h7-10H,4-6H2,1-3H3. The lowest BCUT2D eigenvalue weighted by Crippen LogP contribution is -2.26. The molecule has 0 aliphatic heterocycles. The van der Waals surface area contributed by atoms with E-state index in [1.165, 1.54) is 19.3 Å². The summed E-state index contributed by atoms with van der Waals surface area (Å²) in [6, 6.07) is 1.53. The number of hydrogen-bond donors (Lipinski definition) is 1. The fraction of sp³-hybridized carbons (Fsp3) is 1.00. The Morgan fingerprint density at radius 2 is 2.20 bits per heavy atom. The summed E-state index contributed by atoms with van der Waals surface area (Å²) in [7, 11) is 0. The average Bonchev–Trinajstić information content (AvgIpc) is 2.47. The molecule has 1 aliphatic carbocycles. The first-order valence-corrected chi connectivity index (χ1v) is 4.50. The van der Waals surface area contributed by atoms with Crippen molar-refractivity contribution in [2.24, 2.45) is 5.92 Å². The zero-order valence-corrected chi connectivity index (χ0v) is 7.35. The van der Waals surface area contributed by atoms with Gasteiger partial charge in [0.15, 0.2) is 0 Å². The van der Waals surface area contributed by atoms with Crippen molar-refractivity contribution in [2.45, 2.75) is 52.1 Å². The van der Waals surface area contributed by atoms with Gasteiger partial charge < -0.3 is 5.32 Å². The molecule has 1 aliphatic rings. The molecular weight excluding hydrogens is 122 g/mol. The summed E-state index contributed by atoms with van der Waals surface area (Å²) in [5.41, 5.74) is 0. The highest BCUT2D eigenvalue weighted by molar-refractivity contribution is 4.93. The first-order valence-electron chi connectivity index (χ1n) is 4.50. The minimum Gasteiger partial charge on any atom is -0.311 e. The molecule has 1 saturated carbocycles. The van der Waals surface area contributed by atoms with Crippen LogP contribution in [-0.2, 0) is 0 Å². The predicted octanol–water partition coefficient (Wildman–Crippen LogP) is 2.17. The summed E-state index contributed by atoms with van der Waals surface area (Å²) in [5, 5.41) is 3.55. The second-order valence-corrected chi connectivity index (χ2v) is 3.71. The first-order chi connectivity index (χ1) is 4.74. The Bertz CT molecular complexity index is 98.9. The molecule has 0 spiro atoms. The van der Waals surface area contributed by atoms with Crippen molar-refractivity contribution in [3.05, 3.63) is 0 Å². The Morgan fingerprint density at radius 1 is 1.50 bits per heavy atom. The van der Waals surface area contributed by atoms with Gasteiger partial charge in [0, 0.05) is 12.1 Å². The van der Waals surface area contributed by atoms with Crippen LogP contribution in [0.2, 0.25) is 0 Å². The van der Waals surface area contributed by atoms with Crippen molar-refractivity contribution in [3.8, 4) is 0 Å². The van der Waals surface area contributed by atoms with Gasteiger partial charge in [-0.3, -0.25) is 0 Å². The van der Waals surface area contributed by atoms with E-state index < -0.39 is 0 Å². The van der Waals surface area contributed by atoms with Crippen LogP contribution in [0.1, 0.15) is 40.0 Å². The van der Waals surface area contributed by atoms with Crippen LogP contribution >= 0.6 is 0 Å². The summed E-state index contributed by atoms with van der Waals surface area (Å²) in [4.78, 5) is 0. The average molecular weight is 141 g/mol. The van der Waals surface area contributed by atoms with Crippen molar-refractivity contribution in [2.75, 3.05) is 0 Å². The molecule has 1 fully saturated rings. The molecule has 2 atom stereocenters. The van der Waals surface area contributed by atoms with Crippen LogP contribution in [-0.4, -0.2) is 12.1 Å². The third-order valence-corrected chi connectivity index (χ3v) is 2.13. The first kappa shape index (κ1) is 8.06. The third kappa shape index (κ3) is 2.30. The van der Waals surface area contributed by atoms with Gasteiger partial charge in [0.05, 0.1) is 0 Å². The van der Waals surface area contributed by atoms with Crippen molar-refractivity contribution in [1.82, 2.24) is 5.32 Å². The van der Waals surface area contributed by atoms with Crippen LogP contribution in [0.4, 0.5) is 0 Å². The maximum absolute atomic E-state index is 3.55. The molecule has 0 bridgehead atoms. The lowest BCUT2D eigenvalue weighted by Gasteiger charge is -2.05. The summed E-state index contributed by atoms with van der Waals surface area (Å²) in [5.74, 6) is 1.01. The molecule has 1 nitrogen and oxygen atoms in total. The maximum Gasteiger partial charge on any atom is 0.0101 e. The quantitative estimate of drug-likeness (QED) is 0.632. The van der Waals surface area contributed by atoms with Crippen molar-refractivity contribution in [3.63, 3.8) is 0 Å². The van der Waals surface area contributed by atoms with Gasteiger partial charge in [0.1, 0.15) is 0 Å². The van der Waals surface area contributed by atoms with Crippen LogP contribution < -0.4 is 5.32 Å². The van der Waals surface area contributed by atoms with Crippen molar-refractivity contribution < 1.29 is 0 Å². The van der Waals surface area contributed by atoms with Gasteiger partial charge >= 0.3 is 0 Å². The Kier molecular flexibility index (Phi) is 2.72. The molecule has 60 valence electrons. The zero-order chi connectivity index (χ0) is 7.56. The lowest BCUT2D eigenvalue weighted by molar-refractivity contribution is 0.541. The largest absolute Gasteiger partial charge is 0.311 e. The molecule has 0 aromatic rings. The minimum atomic E-state index is 0.673. The highest BCUT2D eigenvalue weighted by Crippen LogP contribution is 2.34. The van der Waals surface area contributed by atoms with E-state index in [9.17, 15) is 0 Å². The molecule has 1 rings (SSSR count). The van der Waals surface area contributed by atoms with Crippen LogP contribution in [0.5, 0.6) is 0 Å². The van der Waals surface area contributed by atoms with Crippen LogP contribution in [0.3, 0.4) is 0 Å². The number of hydrogen-bond acceptors (Lipinski definition) is 1. The van der Waals surface area contributed by atoms with Gasteiger partial charge in [-0.2, -0.15) is 0 Å². The Morgan fingerprint density at radius 3 is 2.70 bits per heavy atom. The fourth-order valence-corrected chi connectivity index (χ4v) is 1.57. The summed E-state index contributed by atoms with van der Waals surface area (Å²) in [6.45, 7) is 6.72. The van der Waals surface area contributed by atoms with Gasteiger partial charge in [-0.1, -0.05) is 27.2 Å². The molecule has 0 radical (unpaired) electrons. The highest BCUT2D eigenvalue weighted by atomic mass is 15.0. The van der Waals surface area contributed by atoms with Gasteiger partial charge in [0.25, 0.3) is 0 Å². The fourth-order valence-electron chi connectivity index (χ4n) is 1.57. The third-order valence-electron chi connectivity index (χ3n) is 2.13. The molecule has 0 saturated heterocycles. The summed E-state index contributed by atoms with van der Waals surface area (Å²) < 4.78 is 0. The second-order valence-electron chi connectivity index (χ2n) is 3.71. The van der Waals surface area contributed by atoms with Crippen molar-refractivity contribution in [1.29, 1.82) is 0 Å². The zero-order valence-electron chi connectivity index (χ0n) is 7.35. The molecule has 1 heteroatoms. The number of rotatable bonds is 4. The van der Waals surface area contributed by atoms with Gasteiger partial charge in [-0.25, -0.2) is 0 Å². The molecule has 0 heterocycles. The van der Waals surface area contributed by atoms with E-state index in [4.69, 9.17) is 0 Å². The normalized spacial score (nSPS) is 31.2. The summed E-state index contributed by atoms with van der Waals surface area (Å²) >= 11 is 0. The number of nitrogens with one attached hydrogen (secondary N) is 1. The van der Waals surface area contributed by atoms with Crippen LogP contribution in [0.15, 0.2) is 0 Å². The smallest absolute Gasteiger partial charge is 0.0101 e. The van der Waals surface area contributed by atoms with E-state index in [-0.39, 0.29) is 0 Å². The minimum absolute atomic E-state index is 0.673. The Hall–Kier alpha value is -0.0400. The monoisotopic (exact) mass is 141 g/mol. The van der Waals surface area contributed by atoms with Crippen LogP contribution in [0, 0.1) is 5.92 Å². The lowest BCUT2D eigenvalue weighted by atomic mass is 10.2. The topological polar surface area (TPSA) is 12.0 Å². The van der Waals surface area contributed by atoms with Gasteiger partial charge in [-0.05, 0) is 18.8 Å². The second kappa shape index (κ2) is 3.38. The maximum atomic E-state index is 3.55. The van der Waals surface area contributed by atoms with Crippen molar-refractivity contribution >= 4 is 0 Å². The van der Waals surface area contributed by atoms with Gasteiger partial charge in [0.2, 0.25) is 0 Å². The molecule has 10 heavy (non-hydrogen) atoms. The van der Waals surface area contributed by atoms with Crippen LogP contribution in [0.25, 0.3) is 0 Å². The molecule has 1 N–H and O–H groups in total. The van der Waals surface area contributed by atoms with E-state index >= 15 is 0 Å². The van der Waals surface area contributed by atoms with E-state index in [1.807, 2.05) is 0 Å². The molecule has 0 aromatic heterocycles.